The van der Waals surface area contributed by atoms with E-state index in [1.807, 2.05) is 19.2 Å². The van der Waals surface area contributed by atoms with Gasteiger partial charge in [-0.1, -0.05) is 22.0 Å². The topological polar surface area (TPSA) is 63.1 Å². The second kappa shape index (κ2) is 7.07. The molecule has 1 unspecified atom stereocenters. The second-order valence-electron chi connectivity index (χ2n) is 6.65. The van der Waals surface area contributed by atoms with Gasteiger partial charge in [0.05, 0.1) is 18.0 Å². The highest BCUT2D eigenvalue weighted by atomic mass is 79.9. The van der Waals surface area contributed by atoms with Crippen LogP contribution < -0.4 is 10.2 Å². The van der Waals surface area contributed by atoms with Crippen LogP contribution in [0.2, 0.25) is 0 Å². The monoisotopic (exact) mass is 413 g/mol. The predicted molar refractivity (Wildman–Crippen MR) is 105 cm³/mol. The number of pyridine rings is 1. The van der Waals surface area contributed by atoms with E-state index in [1.165, 1.54) is 0 Å². The summed E-state index contributed by atoms with van der Waals surface area (Å²) in [5, 5.41) is 4.25. The number of nitrogens with one attached hydrogen (secondary N) is 1. The average Bonchev–Trinajstić information content (AvgIpc) is 3.07. The molecule has 7 heteroatoms. The Morgan fingerprint density at radius 1 is 1.31 bits per heavy atom. The Bertz CT molecular complexity index is 954. The third kappa shape index (κ3) is 3.44. The summed E-state index contributed by atoms with van der Waals surface area (Å²) in [7, 11) is 1.83. The van der Waals surface area contributed by atoms with Gasteiger partial charge in [-0.15, -0.1) is 0 Å². The Kier molecular flexibility index (Phi) is 4.63. The minimum absolute atomic E-state index is 0.0766. The maximum Gasteiger partial charge on any atom is 0.269 e. The van der Waals surface area contributed by atoms with Gasteiger partial charge in [-0.2, -0.15) is 0 Å². The molecule has 1 N–H and O–H groups in total. The van der Waals surface area contributed by atoms with E-state index >= 15 is 0 Å². The minimum atomic E-state index is -0.0766. The smallest absolute Gasteiger partial charge is 0.269 e. The first-order chi connectivity index (χ1) is 12.6. The first kappa shape index (κ1) is 17.0. The molecule has 0 spiro atoms. The number of amides is 1. The van der Waals surface area contributed by atoms with Gasteiger partial charge in [-0.05, 0) is 37.1 Å². The summed E-state index contributed by atoms with van der Waals surface area (Å²) in [5.41, 5.74) is 1.55. The summed E-state index contributed by atoms with van der Waals surface area (Å²) < 4.78 is 2.76. The number of rotatable bonds is 3. The van der Waals surface area contributed by atoms with Crippen LogP contribution in [0.5, 0.6) is 0 Å². The Hall–Kier alpha value is -2.41. The van der Waals surface area contributed by atoms with E-state index in [0.29, 0.717) is 5.69 Å². The Labute approximate surface area is 160 Å². The number of carbonyl (C=O) groups excluding carboxylic acids is 1. The van der Waals surface area contributed by atoms with Gasteiger partial charge in [0, 0.05) is 36.0 Å². The summed E-state index contributed by atoms with van der Waals surface area (Å²) in [5.74, 6) is 0.877. The molecule has 0 bridgehead atoms. The SMILES string of the molecule is Cn1cncc1C(=O)NC1CCCN(c2ccc3ccc(Br)cc3n2)C1. The number of benzene rings is 1. The predicted octanol–water partition coefficient (Wildman–Crippen LogP) is 3.13. The fourth-order valence-electron chi connectivity index (χ4n) is 3.39. The number of aromatic nitrogens is 3. The van der Waals surface area contributed by atoms with E-state index in [1.54, 1.807) is 17.1 Å². The average molecular weight is 414 g/mol. The number of nitrogens with zero attached hydrogens (tertiary/aromatic N) is 4. The number of halogens is 1. The third-order valence-electron chi connectivity index (χ3n) is 4.77. The number of hydrogen-bond donors (Lipinski definition) is 1. The van der Waals surface area contributed by atoms with Crippen LogP contribution in [0, 0.1) is 0 Å². The van der Waals surface area contributed by atoms with Crippen molar-refractivity contribution in [1.82, 2.24) is 19.9 Å². The number of aryl methyl sites for hydroxylation is 1. The lowest BCUT2D eigenvalue weighted by Gasteiger charge is -2.34. The van der Waals surface area contributed by atoms with Crippen molar-refractivity contribution in [2.24, 2.45) is 7.05 Å². The molecule has 2 aromatic heterocycles. The zero-order valence-corrected chi connectivity index (χ0v) is 16.1. The molecule has 1 saturated heterocycles. The van der Waals surface area contributed by atoms with Crippen molar-refractivity contribution in [3.63, 3.8) is 0 Å². The largest absolute Gasteiger partial charge is 0.355 e. The lowest BCUT2D eigenvalue weighted by atomic mass is 10.1. The molecule has 1 aliphatic heterocycles. The zero-order valence-electron chi connectivity index (χ0n) is 14.5. The molecule has 4 rings (SSSR count). The minimum Gasteiger partial charge on any atom is -0.355 e. The Morgan fingerprint density at radius 3 is 2.96 bits per heavy atom. The van der Waals surface area contributed by atoms with Crippen molar-refractivity contribution < 1.29 is 4.79 Å². The molecule has 1 aromatic carbocycles. The molecule has 0 aliphatic carbocycles. The number of fused-ring (bicyclic) bond motifs is 1. The first-order valence-electron chi connectivity index (χ1n) is 8.68. The van der Waals surface area contributed by atoms with Crippen molar-refractivity contribution in [2.45, 2.75) is 18.9 Å². The molecule has 1 amide bonds. The molecule has 1 fully saturated rings. The molecular formula is C19H20BrN5O. The van der Waals surface area contributed by atoms with Crippen LogP contribution in [0.3, 0.4) is 0 Å². The molecule has 3 heterocycles. The number of imidazole rings is 1. The standard InChI is InChI=1S/C19H20BrN5O/c1-24-12-21-10-17(24)19(26)22-15-3-2-8-25(11-15)18-7-5-13-4-6-14(20)9-16(13)23-18/h4-7,9-10,12,15H,2-3,8,11H2,1H3,(H,22,26). The Balaban J connectivity index is 1.50. The van der Waals surface area contributed by atoms with Crippen LogP contribution in [-0.4, -0.2) is 39.6 Å². The molecule has 134 valence electrons. The quantitative estimate of drug-likeness (QED) is 0.716. The van der Waals surface area contributed by atoms with E-state index in [2.05, 4.69) is 49.3 Å². The fraction of sp³-hybridized carbons (Fsp3) is 0.316. The highest BCUT2D eigenvalue weighted by Gasteiger charge is 2.23. The zero-order chi connectivity index (χ0) is 18.1. The molecule has 6 nitrogen and oxygen atoms in total. The number of piperidine rings is 1. The van der Waals surface area contributed by atoms with Crippen LogP contribution in [0.1, 0.15) is 23.3 Å². The van der Waals surface area contributed by atoms with Crippen LogP contribution in [-0.2, 0) is 7.05 Å². The van der Waals surface area contributed by atoms with Crippen molar-refractivity contribution in [3.8, 4) is 0 Å². The maximum atomic E-state index is 12.4. The van der Waals surface area contributed by atoms with Crippen molar-refractivity contribution >= 4 is 38.6 Å². The molecule has 1 aliphatic rings. The highest BCUT2D eigenvalue weighted by molar-refractivity contribution is 9.10. The lowest BCUT2D eigenvalue weighted by molar-refractivity contribution is 0.0925. The maximum absolute atomic E-state index is 12.4. The van der Waals surface area contributed by atoms with Crippen molar-refractivity contribution in [3.05, 3.63) is 53.0 Å². The summed E-state index contributed by atoms with van der Waals surface area (Å²) >= 11 is 3.51. The number of anilines is 1. The van der Waals surface area contributed by atoms with Crippen molar-refractivity contribution in [2.75, 3.05) is 18.0 Å². The first-order valence-corrected chi connectivity index (χ1v) is 9.48. The van der Waals surface area contributed by atoms with Gasteiger partial charge in [-0.3, -0.25) is 4.79 Å². The molecular weight excluding hydrogens is 394 g/mol. The fourth-order valence-corrected chi connectivity index (χ4v) is 3.74. The van der Waals surface area contributed by atoms with Gasteiger partial charge >= 0.3 is 0 Å². The Morgan fingerprint density at radius 2 is 2.15 bits per heavy atom. The van der Waals surface area contributed by atoms with E-state index < -0.39 is 0 Å². The summed E-state index contributed by atoms with van der Waals surface area (Å²) in [4.78, 5) is 23.5. The van der Waals surface area contributed by atoms with E-state index in [4.69, 9.17) is 4.98 Å². The van der Waals surface area contributed by atoms with Crippen LogP contribution in [0.15, 0.2) is 47.3 Å². The summed E-state index contributed by atoms with van der Waals surface area (Å²) in [6, 6.07) is 10.4. The summed E-state index contributed by atoms with van der Waals surface area (Å²) in [6.45, 7) is 1.71. The summed E-state index contributed by atoms with van der Waals surface area (Å²) in [6.07, 6.45) is 5.23. The lowest BCUT2D eigenvalue weighted by Crippen LogP contribution is -2.48. The van der Waals surface area contributed by atoms with Crippen LogP contribution in [0.4, 0.5) is 5.82 Å². The van der Waals surface area contributed by atoms with E-state index in [0.717, 1.165) is 47.1 Å². The molecule has 3 aromatic rings. The molecule has 0 saturated carbocycles. The van der Waals surface area contributed by atoms with Crippen LogP contribution in [0.25, 0.3) is 10.9 Å². The van der Waals surface area contributed by atoms with Gasteiger partial charge in [0.1, 0.15) is 11.5 Å². The van der Waals surface area contributed by atoms with E-state index in [-0.39, 0.29) is 11.9 Å². The third-order valence-corrected chi connectivity index (χ3v) is 5.26. The molecule has 26 heavy (non-hydrogen) atoms. The van der Waals surface area contributed by atoms with Gasteiger partial charge in [-0.25, -0.2) is 9.97 Å². The number of hydrogen-bond acceptors (Lipinski definition) is 4. The van der Waals surface area contributed by atoms with Gasteiger partial charge < -0.3 is 14.8 Å². The molecule has 0 radical (unpaired) electrons. The normalized spacial score (nSPS) is 17.5. The number of carbonyl (C=O) groups is 1. The second-order valence-corrected chi connectivity index (χ2v) is 7.57. The highest BCUT2D eigenvalue weighted by Crippen LogP contribution is 2.24. The van der Waals surface area contributed by atoms with Crippen LogP contribution >= 0.6 is 15.9 Å². The van der Waals surface area contributed by atoms with E-state index in [9.17, 15) is 4.79 Å². The van der Waals surface area contributed by atoms with Gasteiger partial charge in [0.25, 0.3) is 5.91 Å². The van der Waals surface area contributed by atoms with Gasteiger partial charge in [0.15, 0.2) is 0 Å². The molecule has 1 atom stereocenters. The van der Waals surface area contributed by atoms with Crippen molar-refractivity contribution in [1.29, 1.82) is 0 Å². The van der Waals surface area contributed by atoms with Gasteiger partial charge in [0.2, 0.25) is 0 Å².